The maximum atomic E-state index is 12.7. The summed E-state index contributed by atoms with van der Waals surface area (Å²) in [5, 5.41) is 3.32. The molecule has 2 aliphatic rings. The van der Waals surface area contributed by atoms with Gasteiger partial charge in [0.15, 0.2) is 5.79 Å². The van der Waals surface area contributed by atoms with Gasteiger partial charge in [0.25, 0.3) is 5.91 Å². The monoisotopic (exact) mass is 334 g/mol. The molecule has 1 spiro atoms. The van der Waals surface area contributed by atoms with E-state index in [9.17, 15) is 4.79 Å². The molecule has 7 heteroatoms. The molecule has 0 unspecified atom stereocenters. The number of likely N-dealkylation sites (tertiary alicyclic amines) is 1. The number of carbonyl (C=O) groups excluding carboxylic acids is 1. The molecule has 0 saturated carbocycles. The van der Waals surface area contributed by atoms with E-state index in [1.54, 1.807) is 6.20 Å². The molecule has 2 saturated heterocycles. The number of carbonyl (C=O) groups is 1. The van der Waals surface area contributed by atoms with Crippen LogP contribution in [0.5, 0.6) is 0 Å². The lowest BCUT2D eigenvalue weighted by Gasteiger charge is -2.37. The number of aromatic nitrogens is 1. The van der Waals surface area contributed by atoms with Gasteiger partial charge in [0.1, 0.15) is 5.69 Å². The van der Waals surface area contributed by atoms with Crippen LogP contribution in [-0.2, 0) is 9.47 Å². The molecule has 0 radical (unpaired) electrons. The van der Waals surface area contributed by atoms with Gasteiger partial charge in [-0.1, -0.05) is 0 Å². The Labute approximate surface area is 142 Å². The highest BCUT2D eigenvalue weighted by molar-refractivity contribution is 5.93. The Morgan fingerprint density at radius 2 is 2.04 bits per heavy atom. The second-order valence-electron chi connectivity index (χ2n) is 6.56. The standard InChI is InChI=1S/C17H26N4O3/c1-20(2)10-7-18-14-3-6-19-15(13-14)16(22)21-8-4-17(5-9-21)23-11-12-24-17/h3,6,13H,4-5,7-12H2,1-2H3,(H,18,19). The summed E-state index contributed by atoms with van der Waals surface area (Å²) in [5.74, 6) is -0.487. The molecule has 1 aromatic rings. The molecule has 2 fully saturated rings. The van der Waals surface area contributed by atoms with E-state index >= 15 is 0 Å². The number of ether oxygens (including phenoxy) is 2. The molecule has 132 valence electrons. The molecule has 0 atom stereocenters. The minimum absolute atomic E-state index is 0.0286. The number of nitrogens with zero attached hydrogens (tertiary/aromatic N) is 3. The van der Waals surface area contributed by atoms with Crippen molar-refractivity contribution in [2.24, 2.45) is 0 Å². The zero-order valence-corrected chi connectivity index (χ0v) is 14.5. The van der Waals surface area contributed by atoms with Crippen LogP contribution >= 0.6 is 0 Å². The molecule has 3 heterocycles. The van der Waals surface area contributed by atoms with Gasteiger partial charge in [-0.05, 0) is 26.2 Å². The summed E-state index contributed by atoms with van der Waals surface area (Å²) in [7, 11) is 4.06. The normalized spacial score (nSPS) is 19.9. The van der Waals surface area contributed by atoms with E-state index in [0.29, 0.717) is 32.0 Å². The Bertz CT molecular complexity index is 563. The number of rotatable bonds is 5. The fraction of sp³-hybridized carbons (Fsp3) is 0.647. The van der Waals surface area contributed by atoms with Crippen molar-refractivity contribution >= 4 is 11.6 Å². The molecule has 1 amide bonds. The quantitative estimate of drug-likeness (QED) is 0.868. The first-order valence-corrected chi connectivity index (χ1v) is 8.50. The third kappa shape index (κ3) is 4.03. The zero-order chi connectivity index (χ0) is 17.0. The van der Waals surface area contributed by atoms with Gasteiger partial charge >= 0.3 is 0 Å². The van der Waals surface area contributed by atoms with Crippen molar-refractivity contribution in [2.45, 2.75) is 18.6 Å². The van der Waals surface area contributed by atoms with Gasteiger partial charge in [-0.2, -0.15) is 0 Å². The molecule has 2 aliphatic heterocycles. The summed E-state index contributed by atoms with van der Waals surface area (Å²) in [6, 6.07) is 3.71. The predicted molar refractivity (Wildman–Crippen MR) is 91.1 cm³/mol. The first-order valence-electron chi connectivity index (χ1n) is 8.50. The van der Waals surface area contributed by atoms with Crippen LogP contribution < -0.4 is 5.32 Å². The highest BCUT2D eigenvalue weighted by Gasteiger charge is 2.41. The van der Waals surface area contributed by atoms with E-state index in [0.717, 1.165) is 31.6 Å². The Morgan fingerprint density at radius 3 is 2.71 bits per heavy atom. The van der Waals surface area contributed by atoms with Gasteiger partial charge in [0, 0.05) is 50.9 Å². The highest BCUT2D eigenvalue weighted by atomic mass is 16.7. The van der Waals surface area contributed by atoms with Crippen molar-refractivity contribution in [3.63, 3.8) is 0 Å². The summed E-state index contributed by atoms with van der Waals surface area (Å²) < 4.78 is 11.4. The Hall–Kier alpha value is -1.70. The van der Waals surface area contributed by atoms with Crippen LogP contribution in [0.25, 0.3) is 0 Å². The molecular weight excluding hydrogens is 308 g/mol. The van der Waals surface area contributed by atoms with Gasteiger partial charge in [0.2, 0.25) is 0 Å². The zero-order valence-electron chi connectivity index (χ0n) is 14.5. The number of likely N-dealkylation sites (N-methyl/N-ethyl adjacent to an activating group) is 1. The third-order valence-electron chi connectivity index (χ3n) is 4.49. The van der Waals surface area contributed by atoms with Gasteiger partial charge in [-0.25, -0.2) is 0 Å². The van der Waals surface area contributed by atoms with E-state index in [1.165, 1.54) is 0 Å². The lowest BCUT2D eigenvalue weighted by Crippen LogP contribution is -2.47. The lowest BCUT2D eigenvalue weighted by molar-refractivity contribution is -0.181. The summed E-state index contributed by atoms with van der Waals surface area (Å²) >= 11 is 0. The van der Waals surface area contributed by atoms with E-state index < -0.39 is 5.79 Å². The average Bonchev–Trinajstić information content (AvgIpc) is 3.03. The predicted octanol–water partition coefficient (Wildman–Crippen LogP) is 1.03. The fourth-order valence-corrected chi connectivity index (χ4v) is 3.08. The van der Waals surface area contributed by atoms with E-state index in [2.05, 4.69) is 15.2 Å². The molecule has 7 nitrogen and oxygen atoms in total. The van der Waals surface area contributed by atoms with Crippen LogP contribution in [0.2, 0.25) is 0 Å². The third-order valence-corrected chi connectivity index (χ3v) is 4.49. The Kier molecular flexibility index (Phi) is 5.33. The van der Waals surface area contributed by atoms with Crippen LogP contribution in [0.4, 0.5) is 5.69 Å². The minimum atomic E-state index is -0.459. The minimum Gasteiger partial charge on any atom is -0.384 e. The highest BCUT2D eigenvalue weighted by Crippen LogP contribution is 2.31. The van der Waals surface area contributed by atoms with Crippen molar-refractivity contribution < 1.29 is 14.3 Å². The van der Waals surface area contributed by atoms with Crippen LogP contribution in [0.3, 0.4) is 0 Å². The smallest absolute Gasteiger partial charge is 0.272 e. The number of nitrogens with one attached hydrogen (secondary N) is 1. The summed E-state index contributed by atoms with van der Waals surface area (Å²) in [6.07, 6.45) is 3.12. The molecule has 0 aliphatic carbocycles. The Morgan fingerprint density at radius 1 is 1.33 bits per heavy atom. The first-order chi connectivity index (χ1) is 11.6. The van der Waals surface area contributed by atoms with Crippen LogP contribution in [0.15, 0.2) is 18.3 Å². The lowest BCUT2D eigenvalue weighted by atomic mass is 10.0. The number of amides is 1. The summed E-state index contributed by atoms with van der Waals surface area (Å²) in [5.41, 5.74) is 1.40. The van der Waals surface area contributed by atoms with Crippen LogP contribution in [-0.4, -0.2) is 80.0 Å². The molecular formula is C17H26N4O3. The fourth-order valence-electron chi connectivity index (χ4n) is 3.08. The summed E-state index contributed by atoms with van der Waals surface area (Å²) in [4.78, 5) is 20.9. The number of hydrogen-bond acceptors (Lipinski definition) is 6. The van der Waals surface area contributed by atoms with Gasteiger partial charge in [-0.15, -0.1) is 0 Å². The van der Waals surface area contributed by atoms with Crippen molar-refractivity contribution in [2.75, 3.05) is 58.8 Å². The molecule has 24 heavy (non-hydrogen) atoms. The number of hydrogen-bond donors (Lipinski definition) is 1. The number of pyridine rings is 1. The van der Waals surface area contributed by atoms with Crippen molar-refractivity contribution in [3.05, 3.63) is 24.0 Å². The second-order valence-corrected chi connectivity index (χ2v) is 6.56. The number of piperidine rings is 1. The van der Waals surface area contributed by atoms with Crippen molar-refractivity contribution in [3.8, 4) is 0 Å². The second kappa shape index (κ2) is 7.46. The SMILES string of the molecule is CN(C)CCNc1ccnc(C(=O)N2CCC3(CC2)OCCO3)c1. The van der Waals surface area contributed by atoms with E-state index in [1.807, 2.05) is 31.1 Å². The molecule has 0 aromatic carbocycles. The van der Waals surface area contributed by atoms with E-state index in [4.69, 9.17) is 9.47 Å². The largest absolute Gasteiger partial charge is 0.384 e. The summed E-state index contributed by atoms with van der Waals surface area (Å²) in [6.45, 7) is 4.33. The van der Waals surface area contributed by atoms with Crippen LogP contribution in [0, 0.1) is 0 Å². The van der Waals surface area contributed by atoms with Gasteiger partial charge in [0.05, 0.1) is 13.2 Å². The molecule has 0 bridgehead atoms. The molecule has 1 aromatic heterocycles. The van der Waals surface area contributed by atoms with Gasteiger partial charge in [-0.3, -0.25) is 9.78 Å². The first kappa shape index (κ1) is 17.1. The number of anilines is 1. The van der Waals surface area contributed by atoms with Crippen molar-refractivity contribution in [1.82, 2.24) is 14.8 Å². The molecule has 3 rings (SSSR count). The van der Waals surface area contributed by atoms with Crippen LogP contribution in [0.1, 0.15) is 23.3 Å². The molecule has 1 N–H and O–H groups in total. The average molecular weight is 334 g/mol. The Balaban J connectivity index is 1.57. The van der Waals surface area contributed by atoms with Crippen molar-refractivity contribution in [1.29, 1.82) is 0 Å². The maximum absolute atomic E-state index is 12.7. The van der Waals surface area contributed by atoms with Gasteiger partial charge < -0.3 is 24.6 Å². The maximum Gasteiger partial charge on any atom is 0.272 e. The topological polar surface area (TPSA) is 66.9 Å². The van der Waals surface area contributed by atoms with E-state index in [-0.39, 0.29) is 5.91 Å².